The van der Waals surface area contributed by atoms with Crippen molar-refractivity contribution in [1.29, 1.82) is 0 Å². The number of ketones is 1. The van der Waals surface area contributed by atoms with E-state index >= 15 is 0 Å². The van der Waals surface area contributed by atoms with Crippen LogP contribution in [0.15, 0.2) is 5.11 Å². The van der Waals surface area contributed by atoms with Gasteiger partial charge in [-0.2, -0.15) is 0 Å². The van der Waals surface area contributed by atoms with Crippen LogP contribution < -0.4 is 0 Å². The number of nitrogens with zero attached hydrogens (tertiary/aromatic N) is 3. The molecule has 6 nitrogen and oxygen atoms in total. The van der Waals surface area contributed by atoms with E-state index < -0.39 is 12.0 Å². The standard InChI is InChI=1S/C6H9N3O3/c1-4(10)5(8-9-7)3-6(11)12-2/h5H,3H2,1-2H3. The molecular formula is C6H9N3O3. The number of azide groups is 1. The molecule has 1 unspecified atom stereocenters. The van der Waals surface area contributed by atoms with Crippen LogP contribution in [-0.2, 0) is 14.3 Å². The van der Waals surface area contributed by atoms with E-state index in [0.29, 0.717) is 0 Å². The van der Waals surface area contributed by atoms with Crippen LogP contribution in [0.25, 0.3) is 10.4 Å². The van der Waals surface area contributed by atoms with Crippen LogP contribution in [-0.4, -0.2) is 24.9 Å². The predicted octanol–water partition coefficient (Wildman–Crippen LogP) is 0.817. The summed E-state index contributed by atoms with van der Waals surface area (Å²) in [6.45, 7) is 1.25. The molecular weight excluding hydrogens is 162 g/mol. The van der Waals surface area contributed by atoms with Gasteiger partial charge in [0, 0.05) is 4.91 Å². The fourth-order valence-corrected chi connectivity index (χ4v) is 0.569. The summed E-state index contributed by atoms with van der Waals surface area (Å²) in [7, 11) is 1.20. The third kappa shape index (κ3) is 3.58. The zero-order valence-electron chi connectivity index (χ0n) is 6.85. The Morgan fingerprint density at radius 2 is 2.25 bits per heavy atom. The topological polar surface area (TPSA) is 92.1 Å². The molecule has 0 bridgehead atoms. The highest BCUT2D eigenvalue weighted by Gasteiger charge is 2.16. The monoisotopic (exact) mass is 171 g/mol. The average Bonchev–Trinajstić information content (AvgIpc) is 2.03. The molecule has 0 amide bonds. The van der Waals surface area contributed by atoms with Crippen LogP contribution in [0.4, 0.5) is 0 Å². The normalized spacial score (nSPS) is 11.2. The van der Waals surface area contributed by atoms with Crippen molar-refractivity contribution in [1.82, 2.24) is 0 Å². The summed E-state index contributed by atoms with van der Waals surface area (Å²) in [5.41, 5.74) is 8.03. The van der Waals surface area contributed by atoms with E-state index in [1.807, 2.05) is 0 Å². The molecule has 1 atom stereocenters. The van der Waals surface area contributed by atoms with Crippen LogP contribution in [0.1, 0.15) is 13.3 Å². The Labute approximate surface area is 69.1 Å². The number of hydrogen-bond donors (Lipinski definition) is 0. The molecule has 66 valence electrons. The number of esters is 1. The van der Waals surface area contributed by atoms with Crippen molar-refractivity contribution < 1.29 is 14.3 Å². The smallest absolute Gasteiger partial charge is 0.306 e. The highest BCUT2D eigenvalue weighted by Crippen LogP contribution is 2.01. The summed E-state index contributed by atoms with van der Waals surface area (Å²) >= 11 is 0. The molecule has 0 spiro atoms. The zero-order valence-corrected chi connectivity index (χ0v) is 6.85. The van der Waals surface area contributed by atoms with Gasteiger partial charge in [-0.25, -0.2) is 0 Å². The summed E-state index contributed by atoms with van der Waals surface area (Å²) in [5, 5.41) is 3.14. The van der Waals surface area contributed by atoms with Gasteiger partial charge in [0.1, 0.15) is 11.8 Å². The lowest BCUT2D eigenvalue weighted by Gasteiger charge is -2.03. The first-order valence-electron chi connectivity index (χ1n) is 3.23. The predicted molar refractivity (Wildman–Crippen MR) is 40.2 cm³/mol. The van der Waals surface area contributed by atoms with Crippen LogP contribution in [0, 0.1) is 0 Å². The molecule has 0 fully saturated rings. The molecule has 0 aliphatic heterocycles. The van der Waals surface area contributed by atoms with Gasteiger partial charge in [-0.05, 0) is 12.5 Å². The van der Waals surface area contributed by atoms with E-state index in [4.69, 9.17) is 5.53 Å². The summed E-state index contributed by atoms with van der Waals surface area (Å²) in [5.74, 6) is -0.916. The van der Waals surface area contributed by atoms with E-state index in [1.165, 1.54) is 14.0 Å². The summed E-state index contributed by atoms with van der Waals surface area (Å²) < 4.78 is 4.30. The summed E-state index contributed by atoms with van der Waals surface area (Å²) in [4.78, 5) is 23.8. The Morgan fingerprint density at radius 1 is 1.67 bits per heavy atom. The van der Waals surface area contributed by atoms with Crippen molar-refractivity contribution in [3.8, 4) is 0 Å². The van der Waals surface area contributed by atoms with E-state index in [0.717, 1.165) is 0 Å². The minimum Gasteiger partial charge on any atom is -0.469 e. The van der Waals surface area contributed by atoms with Crippen molar-refractivity contribution in [2.24, 2.45) is 5.11 Å². The van der Waals surface area contributed by atoms with Gasteiger partial charge < -0.3 is 4.74 Å². The third-order valence-electron chi connectivity index (χ3n) is 1.25. The Hall–Kier alpha value is -1.55. The maximum absolute atomic E-state index is 10.7. The second kappa shape index (κ2) is 5.15. The summed E-state index contributed by atoms with van der Waals surface area (Å²) in [6, 6.07) is -0.942. The van der Waals surface area contributed by atoms with Crippen molar-refractivity contribution in [2.45, 2.75) is 19.4 Å². The van der Waals surface area contributed by atoms with Gasteiger partial charge in [-0.15, -0.1) is 0 Å². The summed E-state index contributed by atoms with van der Waals surface area (Å²) in [6.07, 6.45) is -0.199. The molecule has 0 heterocycles. The van der Waals surface area contributed by atoms with Crippen LogP contribution >= 0.6 is 0 Å². The molecule has 6 heteroatoms. The molecule has 12 heavy (non-hydrogen) atoms. The van der Waals surface area contributed by atoms with Gasteiger partial charge in [-0.1, -0.05) is 5.11 Å². The number of carbonyl (C=O) groups is 2. The average molecular weight is 171 g/mol. The number of rotatable bonds is 4. The van der Waals surface area contributed by atoms with Crippen molar-refractivity contribution >= 4 is 11.8 Å². The van der Waals surface area contributed by atoms with Gasteiger partial charge >= 0.3 is 5.97 Å². The molecule has 0 saturated carbocycles. The number of Topliss-reactive ketones (excluding diaryl/α,β-unsaturated/α-hetero) is 1. The quantitative estimate of drug-likeness (QED) is 0.271. The molecule has 0 N–H and O–H groups in total. The first-order valence-corrected chi connectivity index (χ1v) is 3.23. The molecule has 0 aliphatic rings. The second-order valence-corrected chi connectivity index (χ2v) is 2.11. The van der Waals surface area contributed by atoms with Crippen molar-refractivity contribution in [3.05, 3.63) is 10.4 Å². The first kappa shape index (κ1) is 10.4. The molecule has 0 radical (unpaired) electrons. The number of hydrogen-bond acceptors (Lipinski definition) is 4. The Balaban J connectivity index is 4.23. The largest absolute Gasteiger partial charge is 0.469 e. The van der Waals surface area contributed by atoms with Gasteiger partial charge in [0.15, 0.2) is 0 Å². The Morgan fingerprint density at radius 3 is 2.58 bits per heavy atom. The van der Waals surface area contributed by atoms with Gasteiger partial charge in [-0.3, -0.25) is 9.59 Å². The lowest BCUT2D eigenvalue weighted by molar-refractivity contribution is -0.142. The van der Waals surface area contributed by atoms with E-state index in [1.54, 1.807) is 0 Å². The number of methoxy groups -OCH3 is 1. The van der Waals surface area contributed by atoms with Gasteiger partial charge in [0.25, 0.3) is 0 Å². The first-order chi connectivity index (χ1) is 5.61. The minimum atomic E-state index is -0.942. The molecule has 0 aromatic heterocycles. The number of ether oxygens (including phenoxy) is 1. The third-order valence-corrected chi connectivity index (χ3v) is 1.25. The minimum absolute atomic E-state index is 0.199. The lowest BCUT2D eigenvalue weighted by Crippen LogP contribution is -2.19. The van der Waals surface area contributed by atoms with Gasteiger partial charge in [0.05, 0.1) is 13.5 Å². The lowest BCUT2D eigenvalue weighted by atomic mass is 10.1. The number of carbonyl (C=O) groups excluding carboxylic acids is 2. The zero-order chi connectivity index (χ0) is 9.56. The maximum Gasteiger partial charge on any atom is 0.306 e. The van der Waals surface area contributed by atoms with E-state index in [-0.39, 0.29) is 12.2 Å². The SMILES string of the molecule is COC(=O)CC(N=[N+]=[N-])C(C)=O. The highest BCUT2D eigenvalue weighted by atomic mass is 16.5. The molecule has 0 rings (SSSR count). The Kier molecular flexibility index (Phi) is 4.48. The highest BCUT2D eigenvalue weighted by molar-refractivity contribution is 5.86. The Bertz CT molecular complexity index is 230. The van der Waals surface area contributed by atoms with Crippen LogP contribution in [0.5, 0.6) is 0 Å². The molecule has 0 aromatic rings. The van der Waals surface area contributed by atoms with Crippen LogP contribution in [0.2, 0.25) is 0 Å². The second-order valence-electron chi connectivity index (χ2n) is 2.11. The van der Waals surface area contributed by atoms with E-state index in [9.17, 15) is 9.59 Å². The fraction of sp³-hybridized carbons (Fsp3) is 0.667. The molecule has 0 aromatic carbocycles. The van der Waals surface area contributed by atoms with Gasteiger partial charge in [0.2, 0.25) is 0 Å². The van der Waals surface area contributed by atoms with E-state index in [2.05, 4.69) is 14.8 Å². The van der Waals surface area contributed by atoms with Crippen LogP contribution in [0.3, 0.4) is 0 Å². The maximum atomic E-state index is 10.7. The fourth-order valence-electron chi connectivity index (χ4n) is 0.569. The molecule has 0 saturated heterocycles. The van der Waals surface area contributed by atoms with Crippen molar-refractivity contribution in [3.63, 3.8) is 0 Å². The van der Waals surface area contributed by atoms with Crippen molar-refractivity contribution in [2.75, 3.05) is 7.11 Å². The molecule has 0 aliphatic carbocycles.